The van der Waals surface area contributed by atoms with E-state index in [0.29, 0.717) is 11.3 Å². The highest BCUT2D eigenvalue weighted by molar-refractivity contribution is 6.01. The van der Waals surface area contributed by atoms with Gasteiger partial charge in [0.15, 0.2) is 0 Å². The zero-order valence-electron chi connectivity index (χ0n) is 10.1. The first-order chi connectivity index (χ1) is 9.20. The van der Waals surface area contributed by atoms with Crippen LogP contribution in [0.15, 0.2) is 47.9 Å². The molecule has 0 fully saturated rings. The van der Waals surface area contributed by atoms with Gasteiger partial charge >= 0.3 is 5.97 Å². The van der Waals surface area contributed by atoms with E-state index in [9.17, 15) is 4.79 Å². The van der Waals surface area contributed by atoms with Crippen LogP contribution in [0.2, 0.25) is 0 Å². The number of hydrogen-bond acceptors (Lipinski definition) is 4. The topological polar surface area (TPSA) is 87.7 Å². The number of carboxylic acids is 1. The fourth-order valence-corrected chi connectivity index (χ4v) is 1.71. The SMILES string of the molecule is O=C(O)CC/C(=N/O)c1ccc(-n2cccn2)cc1. The quantitative estimate of drug-likeness (QED) is 0.488. The Bertz CT molecular complexity index is 574. The molecular weight excluding hydrogens is 246 g/mol. The maximum Gasteiger partial charge on any atom is 0.303 e. The van der Waals surface area contributed by atoms with Crippen LogP contribution in [0.4, 0.5) is 0 Å². The van der Waals surface area contributed by atoms with E-state index in [1.165, 1.54) is 0 Å². The van der Waals surface area contributed by atoms with Crippen LogP contribution in [0.5, 0.6) is 0 Å². The van der Waals surface area contributed by atoms with Crippen LogP contribution in [0.1, 0.15) is 18.4 Å². The highest BCUT2D eigenvalue weighted by Crippen LogP contribution is 2.12. The third-order valence-corrected chi connectivity index (χ3v) is 2.67. The largest absolute Gasteiger partial charge is 0.481 e. The minimum atomic E-state index is -0.922. The predicted octanol–water partition coefficient (Wildman–Crippen LogP) is 1.92. The number of carbonyl (C=O) groups is 1. The van der Waals surface area contributed by atoms with Crippen molar-refractivity contribution in [3.63, 3.8) is 0 Å². The van der Waals surface area contributed by atoms with E-state index in [1.807, 2.05) is 24.4 Å². The van der Waals surface area contributed by atoms with Crippen molar-refractivity contribution in [2.75, 3.05) is 0 Å². The van der Waals surface area contributed by atoms with Crippen LogP contribution in [0, 0.1) is 0 Å². The van der Waals surface area contributed by atoms with Crippen LogP contribution >= 0.6 is 0 Å². The van der Waals surface area contributed by atoms with E-state index in [4.69, 9.17) is 10.3 Å². The van der Waals surface area contributed by atoms with Crippen molar-refractivity contribution in [1.29, 1.82) is 0 Å². The summed E-state index contributed by atoms with van der Waals surface area (Å²) in [5, 5.41) is 24.8. The maximum absolute atomic E-state index is 10.5. The minimum absolute atomic E-state index is 0.0691. The molecule has 0 aliphatic rings. The molecule has 1 heterocycles. The van der Waals surface area contributed by atoms with Gasteiger partial charge in [0, 0.05) is 18.8 Å². The Labute approximate surface area is 109 Å². The molecule has 6 nitrogen and oxygen atoms in total. The first-order valence-corrected chi connectivity index (χ1v) is 5.74. The van der Waals surface area contributed by atoms with Crippen molar-refractivity contribution >= 4 is 11.7 Å². The van der Waals surface area contributed by atoms with Crippen molar-refractivity contribution < 1.29 is 15.1 Å². The van der Waals surface area contributed by atoms with Crippen molar-refractivity contribution in [2.45, 2.75) is 12.8 Å². The zero-order chi connectivity index (χ0) is 13.7. The van der Waals surface area contributed by atoms with E-state index in [-0.39, 0.29) is 12.8 Å². The Kier molecular flexibility index (Phi) is 3.92. The molecule has 0 unspecified atom stereocenters. The van der Waals surface area contributed by atoms with Crippen LogP contribution < -0.4 is 0 Å². The van der Waals surface area contributed by atoms with Crippen molar-refractivity contribution in [3.05, 3.63) is 48.3 Å². The molecule has 0 amide bonds. The molecule has 1 aromatic heterocycles. The standard InChI is InChI=1S/C13H13N3O3/c17-13(18)7-6-12(15-19)10-2-4-11(5-3-10)16-9-1-8-14-16/h1-5,8-9,19H,6-7H2,(H,17,18)/b15-12-. The van der Waals surface area contributed by atoms with Crippen LogP contribution in [0.25, 0.3) is 5.69 Å². The Hall–Kier alpha value is -2.63. The molecule has 0 aliphatic carbocycles. The number of carboxylic acid groups (broad SMARTS) is 1. The summed E-state index contributed by atoms with van der Waals surface area (Å²) in [6.45, 7) is 0. The molecular formula is C13H13N3O3. The second-order valence-electron chi connectivity index (χ2n) is 3.94. The molecule has 0 bridgehead atoms. The van der Waals surface area contributed by atoms with Crippen molar-refractivity contribution in [1.82, 2.24) is 9.78 Å². The van der Waals surface area contributed by atoms with Gasteiger partial charge < -0.3 is 10.3 Å². The molecule has 2 rings (SSSR count). The number of nitrogens with zero attached hydrogens (tertiary/aromatic N) is 3. The third-order valence-electron chi connectivity index (χ3n) is 2.67. The van der Waals surface area contributed by atoms with E-state index >= 15 is 0 Å². The van der Waals surface area contributed by atoms with Crippen LogP contribution in [-0.2, 0) is 4.79 Å². The lowest BCUT2D eigenvalue weighted by molar-refractivity contribution is -0.136. The number of oxime groups is 1. The van der Waals surface area contributed by atoms with Gasteiger partial charge in [0.2, 0.25) is 0 Å². The Balaban J connectivity index is 2.15. The Morgan fingerprint density at radius 2 is 2.00 bits per heavy atom. The molecule has 0 spiro atoms. The van der Waals surface area contributed by atoms with Gasteiger partial charge in [0.25, 0.3) is 0 Å². The average molecular weight is 259 g/mol. The molecule has 0 saturated carbocycles. The van der Waals surface area contributed by atoms with Gasteiger partial charge in [-0.25, -0.2) is 4.68 Å². The molecule has 2 aromatic rings. The summed E-state index contributed by atoms with van der Waals surface area (Å²) in [4.78, 5) is 10.5. The Morgan fingerprint density at radius 1 is 1.26 bits per heavy atom. The maximum atomic E-state index is 10.5. The summed E-state index contributed by atoms with van der Waals surface area (Å²) in [6.07, 6.45) is 3.62. The molecule has 2 N–H and O–H groups in total. The van der Waals surface area contributed by atoms with Gasteiger partial charge in [-0.05, 0) is 23.8 Å². The molecule has 0 atom stereocenters. The number of aliphatic carboxylic acids is 1. The van der Waals surface area contributed by atoms with Crippen molar-refractivity contribution in [2.24, 2.45) is 5.16 Å². The minimum Gasteiger partial charge on any atom is -0.481 e. The lowest BCUT2D eigenvalue weighted by Gasteiger charge is -2.05. The summed E-state index contributed by atoms with van der Waals surface area (Å²) >= 11 is 0. The van der Waals surface area contributed by atoms with Gasteiger partial charge in [-0.15, -0.1) is 0 Å². The first kappa shape index (κ1) is 12.8. The second-order valence-corrected chi connectivity index (χ2v) is 3.94. The summed E-state index contributed by atoms with van der Waals surface area (Å²) in [7, 11) is 0. The van der Waals surface area contributed by atoms with Gasteiger partial charge in [0.05, 0.1) is 17.8 Å². The molecule has 6 heteroatoms. The van der Waals surface area contributed by atoms with E-state index < -0.39 is 5.97 Å². The lowest BCUT2D eigenvalue weighted by Crippen LogP contribution is -2.05. The monoisotopic (exact) mass is 259 g/mol. The van der Waals surface area contributed by atoms with Gasteiger partial charge in [-0.3, -0.25) is 4.79 Å². The lowest BCUT2D eigenvalue weighted by atomic mass is 10.1. The molecule has 0 aliphatic heterocycles. The summed E-state index contributed by atoms with van der Waals surface area (Å²) in [6, 6.07) is 9.02. The van der Waals surface area contributed by atoms with E-state index in [1.54, 1.807) is 23.0 Å². The molecule has 19 heavy (non-hydrogen) atoms. The highest BCUT2D eigenvalue weighted by Gasteiger charge is 2.07. The molecule has 1 aromatic carbocycles. The van der Waals surface area contributed by atoms with E-state index in [0.717, 1.165) is 5.69 Å². The average Bonchev–Trinajstić information content (AvgIpc) is 2.94. The summed E-state index contributed by atoms with van der Waals surface area (Å²) < 4.78 is 1.71. The van der Waals surface area contributed by atoms with Crippen molar-refractivity contribution in [3.8, 4) is 5.69 Å². The molecule has 0 saturated heterocycles. The number of benzene rings is 1. The number of aromatic nitrogens is 2. The molecule has 0 radical (unpaired) electrons. The van der Waals surface area contributed by atoms with Gasteiger partial charge in [-0.1, -0.05) is 17.3 Å². The Morgan fingerprint density at radius 3 is 2.53 bits per heavy atom. The summed E-state index contributed by atoms with van der Waals surface area (Å²) in [5.41, 5.74) is 1.93. The molecule has 98 valence electrons. The van der Waals surface area contributed by atoms with Gasteiger partial charge in [-0.2, -0.15) is 5.10 Å². The fourth-order valence-electron chi connectivity index (χ4n) is 1.71. The normalized spacial score (nSPS) is 11.5. The van der Waals surface area contributed by atoms with Crippen LogP contribution in [-0.4, -0.2) is 31.8 Å². The highest BCUT2D eigenvalue weighted by atomic mass is 16.4. The zero-order valence-corrected chi connectivity index (χ0v) is 10.1. The first-order valence-electron chi connectivity index (χ1n) is 5.74. The summed E-state index contributed by atoms with van der Waals surface area (Å²) in [5.74, 6) is -0.922. The smallest absolute Gasteiger partial charge is 0.303 e. The third kappa shape index (κ3) is 3.19. The van der Waals surface area contributed by atoms with Gasteiger partial charge in [0.1, 0.15) is 0 Å². The second kappa shape index (κ2) is 5.81. The van der Waals surface area contributed by atoms with Crippen LogP contribution in [0.3, 0.4) is 0 Å². The van der Waals surface area contributed by atoms with E-state index in [2.05, 4.69) is 10.3 Å². The fraction of sp³-hybridized carbons (Fsp3) is 0.154. The predicted molar refractivity (Wildman–Crippen MR) is 68.8 cm³/mol. The number of hydrogen-bond donors (Lipinski definition) is 2. The number of rotatable bonds is 5.